The summed E-state index contributed by atoms with van der Waals surface area (Å²) < 4.78 is 32.2. The first-order chi connectivity index (χ1) is 25.3. The molecule has 0 aromatic rings. The van der Waals surface area contributed by atoms with E-state index >= 15 is 0 Å². The van der Waals surface area contributed by atoms with Gasteiger partial charge in [-0.05, 0) is 131 Å². The van der Waals surface area contributed by atoms with Crippen molar-refractivity contribution >= 4 is 0 Å². The molecule has 0 bridgehead atoms. The maximum absolute atomic E-state index is 12.7. The van der Waals surface area contributed by atoms with Gasteiger partial charge in [0.15, 0.2) is 6.29 Å². The van der Waals surface area contributed by atoms with Crippen LogP contribution in [0.5, 0.6) is 0 Å². The number of morpholine rings is 1. The molecule has 0 aromatic heterocycles. The van der Waals surface area contributed by atoms with E-state index in [0.29, 0.717) is 53.1 Å². The molecule has 2 spiro atoms. The van der Waals surface area contributed by atoms with E-state index in [4.69, 9.17) is 23.7 Å². The van der Waals surface area contributed by atoms with Gasteiger partial charge in [0.1, 0.15) is 6.10 Å². The highest BCUT2D eigenvalue weighted by Crippen LogP contribution is 2.89. The van der Waals surface area contributed by atoms with Crippen molar-refractivity contribution in [2.45, 2.75) is 175 Å². The van der Waals surface area contributed by atoms with Gasteiger partial charge in [-0.2, -0.15) is 0 Å². The molecular formula is C45H76N2O7. The van der Waals surface area contributed by atoms with Crippen LogP contribution in [0.15, 0.2) is 0 Å². The van der Waals surface area contributed by atoms with Crippen LogP contribution in [0.1, 0.15) is 121 Å². The summed E-state index contributed by atoms with van der Waals surface area (Å²) in [5.41, 5.74) is -0.381. The molecule has 9 heteroatoms. The highest BCUT2D eigenvalue weighted by Gasteiger charge is 2.84. The fourth-order valence-electron chi connectivity index (χ4n) is 16.1. The summed E-state index contributed by atoms with van der Waals surface area (Å²) in [6.45, 7) is 30.2. The van der Waals surface area contributed by atoms with Crippen molar-refractivity contribution in [2.24, 2.45) is 56.7 Å². The first kappa shape index (κ1) is 39.1. The molecule has 54 heavy (non-hydrogen) atoms. The number of ether oxygens (including phenoxy) is 5. The summed E-state index contributed by atoms with van der Waals surface area (Å²) in [5, 5.41) is 23.8. The smallest absolute Gasteiger partial charge is 0.170 e. The lowest BCUT2D eigenvalue weighted by atomic mass is 9.41. The Labute approximate surface area is 326 Å². The zero-order valence-corrected chi connectivity index (χ0v) is 35.6. The minimum atomic E-state index is -1.02. The van der Waals surface area contributed by atoms with Crippen LogP contribution in [0.4, 0.5) is 0 Å². The zero-order valence-electron chi connectivity index (χ0n) is 35.6. The number of aliphatic hydroxyl groups is 2. The second-order valence-electron chi connectivity index (χ2n) is 22.5. The molecule has 2 N–H and O–H groups in total. The number of likely N-dealkylation sites (tertiary alicyclic amines) is 1. The topological polar surface area (TPSA) is 93.1 Å². The second-order valence-corrected chi connectivity index (χ2v) is 22.5. The van der Waals surface area contributed by atoms with Crippen LogP contribution in [0.25, 0.3) is 0 Å². The molecule has 4 heterocycles. The zero-order chi connectivity index (χ0) is 38.4. The van der Waals surface area contributed by atoms with Gasteiger partial charge in [-0.1, -0.05) is 34.6 Å². The van der Waals surface area contributed by atoms with Gasteiger partial charge in [0.25, 0.3) is 0 Å². The molecule has 5 unspecified atom stereocenters. The third-order valence-electron chi connectivity index (χ3n) is 19.4. The molecule has 0 aromatic carbocycles. The first-order valence-corrected chi connectivity index (χ1v) is 22.4. The van der Waals surface area contributed by atoms with Crippen molar-refractivity contribution in [3.63, 3.8) is 0 Å². The Morgan fingerprint density at radius 3 is 2.30 bits per heavy atom. The van der Waals surface area contributed by atoms with E-state index in [9.17, 15) is 10.2 Å². The number of fused-ring (bicyclic) bond motifs is 4. The Hall–Kier alpha value is -0.360. The maximum atomic E-state index is 12.7. The summed E-state index contributed by atoms with van der Waals surface area (Å²) in [6, 6.07) is 0.633. The maximum Gasteiger partial charge on any atom is 0.170 e. The van der Waals surface area contributed by atoms with Crippen molar-refractivity contribution in [1.29, 1.82) is 0 Å². The third kappa shape index (κ3) is 5.26. The predicted molar refractivity (Wildman–Crippen MR) is 208 cm³/mol. The highest BCUT2D eigenvalue weighted by molar-refractivity contribution is 5.33. The van der Waals surface area contributed by atoms with E-state index in [2.05, 4.69) is 58.3 Å². The predicted octanol–water partition coefficient (Wildman–Crippen LogP) is 6.13. The van der Waals surface area contributed by atoms with Crippen molar-refractivity contribution in [1.82, 2.24) is 9.80 Å². The summed E-state index contributed by atoms with van der Waals surface area (Å²) in [7, 11) is 0. The lowest BCUT2D eigenvalue weighted by Crippen LogP contribution is -2.68. The number of hydrogen-bond acceptors (Lipinski definition) is 9. The van der Waals surface area contributed by atoms with Crippen LogP contribution in [0, 0.1) is 56.7 Å². The van der Waals surface area contributed by atoms with Crippen LogP contribution in [-0.2, 0) is 23.7 Å². The third-order valence-corrected chi connectivity index (χ3v) is 19.4. The number of nitrogens with zero attached hydrogens (tertiary/aromatic N) is 2. The van der Waals surface area contributed by atoms with Crippen LogP contribution in [-0.4, -0.2) is 127 Å². The molecule has 9 fully saturated rings. The Morgan fingerprint density at radius 1 is 0.926 bits per heavy atom. The normalized spacial score (nSPS) is 50.1. The quantitative estimate of drug-likeness (QED) is 0.289. The molecule has 5 saturated carbocycles. The number of aliphatic hydroxyl groups excluding tert-OH is 1. The van der Waals surface area contributed by atoms with Gasteiger partial charge >= 0.3 is 0 Å². The minimum Gasteiger partial charge on any atom is -0.390 e. The molecular weight excluding hydrogens is 681 g/mol. The largest absolute Gasteiger partial charge is 0.390 e. The Morgan fingerprint density at radius 2 is 1.63 bits per heavy atom. The monoisotopic (exact) mass is 757 g/mol. The average Bonchev–Trinajstić information content (AvgIpc) is 3.69. The average molecular weight is 757 g/mol. The molecule has 5 aliphatic carbocycles. The highest BCUT2D eigenvalue weighted by atomic mass is 16.7. The van der Waals surface area contributed by atoms with E-state index in [-0.39, 0.29) is 46.4 Å². The van der Waals surface area contributed by atoms with Crippen LogP contribution < -0.4 is 0 Å². The fraction of sp³-hybridized carbons (Fsp3) is 1.00. The van der Waals surface area contributed by atoms with Crippen molar-refractivity contribution in [3.05, 3.63) is 0 Å². The molecule has 4 aliphatic heterocycles. The Bertz CT molecular complexity index is 1420. The second kappa shape index (κ2) is 12.8. The molecule has 308 valence electrons. The molecule has 9 nitrogen and oxygen atoms in total. The SMILES string of the molecule is CCO[C@@H](C1C[C@@H](C)[C@H]2C(O1)[C@H](O)[C@@]1(C)C3CC[C@H]4C(C)(C)[C@@H](O[C@H]5CN(C(C)(C)C6CN(C7COC7)C6)CCO5)CCC45CC35CC[C@]21C)C(C)(C)O. The van der Waals surface area contributed by atoms with Gasteiger partial charge in [0, 0.05) is 43.1 Å². The summed E-state index contributed by atoms with van der Waals surface area (Å²) in [5.74, 6) is 2.49. The molecule has 4 saturated heterocycles. The van der Waals surface area contributed by atoms with E-state index in [1.807, 2.05) is 20.8 Å². The molecule has 9 aliphatic rings. The summed E-state index contributed by atoms with van der Waals surface area (Å²) >= 11 is 0. The Kier molecular flexibility index (Phi) is 9.29. The van der Waals surface area contributed by atoms with Crippen LogP contribution >= 0.6 is 0 Å². The lowest BCUT2D eigenvalue weighted by Gasteiger charge is -2.64. The summed E-state index contributed by atoms with van der Waals surface area (Å²) in [4.78, 5) is 5.27. The van der Waals surface area contributed by atoms with Gasteiger partial charge in [0.2, 0.25) is 0 Å². The first-order valence-electron chi connectivity index (χ1n) is 22.4. The molecule has 14 atom stereocenters. The van der Waals surface area contributed by atoms with Crippen molar-refractivity contribution in [2.75, 3.05) is 52.6 Å². The van der Waals surface area contributed by atoms with Gasteiger partial charge in [-0.3, -0.25) is 9.80 Å². The summed E-state index contributed by atoms with van der Waals surface area (Å²) in [6.07, 6.45) is 8.00. The number of hydrogen-bond donors (Lipinski definition) is 2. The van der Waals surface area contributed by atoms with Gasteiger partial charge in [0.05, 0.1) is 62.4 Å². The molecule has 0 radical (unpaired) electrons. The van der Waals surface area contributed by atoms with Crippen LogP contribution in [0.3, 0.4) is 0 Å². The number of rotatable bonds is 9. The fourth-order valence-corrected chi connectivity index (χ4v) is 16.1. The van der Waals surface area contributed by atoms with Gasteiger partial charge in [-0.15, -0.1) is 0 Å². The van der Waals surface area contributed by atoms with Crippen molar-refractivity contribution < 1.29 is 33.9 Å². The van der Waals surface area contributed by atoms with Gasteiger partial charge < -0.3 is 33.9 Å². The standard InChI is InChI=1S/C45H76N2O7/c1-11-51-38(41(7,8)49)30-20-27(2)35-36(53-30)37(48)43(10)32-13-12-31-39(3,4)33(14-15-44(31)26-45(32,44)17-16-42(35,43)9)54-34-23-47(18-19-52-34)40(5,6)28-21-46(22-28)29-24-50-25-29/h27-38,48-49H,11-26H2,1-10H3/t27-,30?,31+,32?,33+,34+,35+,36?,37+,38+,42-,43-,44?,45?/m1/s1. The van der Waals surface area contributed by atoms with E-state index in [0.717, 1.165) is 45.8 Å². The van der Waals surface area contributed by atoms with Crippen molar-refractivity contribution in [3.8, 4) is 0 Å². The van der Waals surface area contributed by atoms with E-state index in [1.165, 1.54) is 51.6 Å². The van der Waals surface area contributed by atoms with E-state index < -0.39 is 17.8 Å². The molecule has 0 amide bonds. The molecule has 9 rings (SSSR count). The lowest BCUT2D eigenvalue weighted by molar-refractivity contribution is -0.257. The van der Waals surface area contributed by atoms with E-state index in [1.54, 1.807) is 0 Å². The Balaban J connectivity index is 0.897. The minimum absolute atomic E-state index is 0.0149. The van der Waals surface area contributed by atoms with Gasteiger partial charge in [-0.25, -0.2) is 0 Å². The van der Waals surface area contributed by atoms with Crippen LogP contribution in [0.2, 0.25) is 0 Å².